The van der Waals surface area contributed by atoms with Crippen LogP contribution < -0.4 is 20.0 Å². The Morgan fingerprint density at radius 2 is 1.47 bits per heavy atom. The predicted molar refractivity (Wildman–Crippen MR) is 140 cm³/mol. The molecule has 2 aromatic carbocycles. The summed E-state index contributed by atoms with van der Waals surface area (Å²) in [6.45, 7) is 3.58. The van der Waals surface area contributed by atoms with Gasteiger partial charge in [0, 0.05) is 37.8 Å². The van der Waals surface area contributed by atoms with E-state index in [1.807, 2.05) is 0 Å². The summed E-state index contributed by atoms with van der Waals surface area (Å²) < 4.78 is 5.77. The lowest BCUT2D eigenvalue weighted by Crippen LogP contribution is -2.25. The molecular formula is C24H25N9O5. The number of rotatable bonds is 9. The van der Waals surface area contributed by atoms with E-state index in [1.165, 1.54) is 12.3 Å². The van der Waals surface area contributed by atoms with Crippen molar-refractivity contribution >= 4 is 35.4 Å². The maximum absolute atomic E-state index is 11.5. The number of nitro benzene ring substituents is 2. The smallest absolute Gasteiger partial charge is 0.318 e. The first kappa shape index (κ1) is 24.8. The van der Waals surface area contributed by atoms with Gasteiger partial charge in [-0.05, 0) is 43.9 Å². The van der Waals surface area contributed by atoms with Gasteiger partial charge in [0.05, 0.1) is 22.1 Å². The highest BCUT2D eigenvalue weighted by molar-refractivity contribution is 5.84. The number of anilines is 3. The first-order valence-electron chi connectivity index (χ1n) is 12.2. The first-order chi connectivity index (χ1) is 18.5. The molecule has 3 aromatic rings. The molecule has 0 spiro atoms. The summed E-state index contributed by atoms with van der Waals surface area (Å²) >= 11 is 0. The normalized spacial score (nSPS) is 15.3. The number of para-hydroxylation sites is 1. The monoisotopic (exact) mass is 519 g/mol. The summed E-state index contributed by atoms with van der Waals surface area (Å²) in [7, 11) is 0. The van der Waals surface area contributed by atoms with Gasteiger partial charge in [-0.15, -0.1) is 0 Å². The van der Waals surface area contributed by atoms with Crippen molar-refractivity contribution in [2.75, 3.05) is 41.4 Å². The Labute approximate surface area is 217 Å². The summed E-state index contributed by atoms with van der Waals surface area (Å²) in [6.07, 6.45) is 5.86. The molecule has 2 saturated heterocycles. The van der Waals surface area contributed by atoms with Crippen molar-refractivity contribution in [2.24, 2.45) is 5.10 Å². The summed E-state index contributed by atoms with van der Waals surface area (Å²) in [6, 6.07) is 10.0. The second kappa shape index (κ2) is 11.0. The van der Waals surface area contributed by atoms with E-state index in [-0.39, 0.29) is 11.5 Å². The maximum Gasteiger partial charge on any atom is 0.318 e. The van der Waals surface area contributed by atoms with Gasteiger partial charge in [0.2, 0.25) is 23.6 Å². The first-order valence-corrected chi connectivity index (χ1v) is 12.2. The highest BCUT2D eigenvalue weighted by Gasteiger charge is 2.23. The number of hydrogen-bond acceptors (Lipinski definition) is 12. The Kier molecular flexibility index (Phi) is 7.19. The van der Waals surface area contributed by atoms with E-state index in [9.17, 15) is 20.2 Å². The second-order valence-corrected chi connectivity index (χ2v) is 8.82. The number of nitrogens with one attached hydrogen (secondary N) is 1. The van der Waals surface area contributed by atoms with Crippen molar-refractivity contribution in [3.63, 3.8) is 0 Å². The molecule has 0 unspecified atom stereocenters. The lowest BCUT2D eigenvalue weighted by Gasteiger charge is -2.20. The zero-order chi connectivity index (χ0) is 26.5. The minimum absolute atomic E-state index is 0.127. The SMILES string of the molecule is O=[N+]([O-])c1ccc(Oc2ccccc2/C=N\Nc2nc(N3CCCC3)nc(N3CCCC3)n2)c([N+](=O)[O-])c1. The number of aromatic nitrogens is 3. The van der Waals surface area contributed by atoms with Gasteiger partial charge in [-0.2, -0.15) is 20.1 Å². The molecule has 196 valence electrons. The molecule has 38 heavy (non-hydrogen) atoms. The zero-order valence-electron chi connectivity index (χ0n) is 20.4. The van der Waals surface area contributed by atoms with Crippen LogP contribution in [0, 0.1) is 20.2 Å². The standard InChI is InChI=1S/C24H25N9O5/c34-32(35)18-9-10-21(19(15-18)33(36)37)38-20-8-2-1-7-17(20)16-25-29-22-26-23(30-11-3-4-12-30)28-24(27-22)31-13-5-6-14-31/h1-2,7-10,15-16H,3-6,11-14H2,(H,26,27,28,29)/b25-16-. The second-order valence-electron chi connectivity index (χ2n) is 8.82. The average molecular weight is 520 g/mol. The number of hydrogen-bond donors (Lipinski definition) is 1. The average Bonchev–Trinajstić information content (AvgIpc) is 3.65. The minimum Gasteiger partial charge on any atom is -0.449 e. The van der Waals surface area contributed by atoms with Crippen LogP contribution in [-0.2, 0) is 0 Å². The van der Waals surface area contributed by atoms with Crippen molar-refractivity contribution in [2.45, 2.75) is 25.7 Å². The van der Waals surface area contributed by atoms with Crippen LogP contribution in [0.25, 0.3) is 0 Å². The van der Waals surface area contributed by atoms with Crippen LogP contribution in [0.3, 0.4) is 0 Å². The fourth-order valence-electron chi connectivity index (χ4n) is 4.33. The summed E-state index contributed by atoms with van der Waals surface area (Å²) in [5, 5.41) is 26.8. The highest BCUT2D eigenvalue weighted by Crippen LogP contribution is 2.35. The number of hydrazone groups is 1. The number of ether oxygens (including phenoxy) is 1. The quantitative estimate of drug-likeness (QED) is 0.245. The molecule has 0 bridgehead atoms. The Bertz CT molecular complexity index is 1340. The van der Waals surface area contributed by atoms with Gasteiger partial charge in [-0.3, -0.25) is 20.2 Å². The van der Waals surface area contributed by atoms with Crippen molar-refractivity contribution in [3.05, 3.63) is 68.3 Å². The molecule has 1 N–H and O–H groups in total. The molecule has 2 fully saturated rings. The Balaban J connectivity index is 1.37. The van der Waals surface area contributed by atoms with Crippen LogP contribution in [0.4, 0.5) is 29.2 Å². The topological polar surface area (TPSA) is 165 Å². The van der Waals surface area contributed by atoms with Gasteiger partial charge in [0.25, 0.3) is 5.69 Å². The van der Waals surface area contributed by atoms with Crippen LogP contribution in [0.1, 0.15) is 31.2 Å². The van der Waals surface area contributed by atoms with Crippen LogP contribution in [0.5, 0.6) is 11.5 Å². The molecule has 2 aliphatic heterocycles. The third kappa shape index (κ3) is 5.58. The number of non-ortho nitro benzene ring substituents is 1. The van der Waals surface area contributed by atoms with Gasteiger partial charge in [0.15, 0.2) is 0 Å². The fourth-order valence-corrected chi connectivity index (χ4v) is 4.33. The molecule has 14 nitrogen and oxygen atoms in total. The number of benzene rings is 2. The van der Waals surface area contributed by atoms with E-state index >= 15 is 0 Å². The Hall–Kier alpha value is -4.88. The van der Waals surface area contributed by atoms with E-state index in [4.69, 9.17) is 4.74 Å². The largest absolute Gasteiger partial charge is 0.449 e. The number of nitro groups is 2. The molecule has 0 saturated carbocycles. The zero-order valence-corrected chi connectivity index (χ0v) is 20.4. The molecule has 0 radical (unpaired) electrons. The summed E-state index contributed by atoms with van der Waals surface area (Å²) in [5.74, 6) is 1.70. The minimum atomic E-state index is -0.725. The summed E-state index contributed by atoms with van der Waals surface area (Å²) in [4.78, 5) is 39.1. The lowest BCUT2D eigenvalue weighted by atomic mass is 10.2. The van der Waals surface area contributed by atoms with Crippen LogP contribution in [0.15, 0.2) is 47.6 Å². The van der Waals surface area contributed by atoms with Crippen molar-refractivity contribution < 1.29 is 14.6 Å². The Morgan fingerprint density at radius 3 is 2.08 bits per heavy atom. The van der Waals surface area contributed by atoms with Gasteiger partial charge < -0.3 is 14.5 Å². The van der Waals surface area contributed by atoms with Crippen molar-refractivity contribution in [1.29, 1.82) is 0 Å². The molecule has 1 aromatic heterocycles. The molecule has 0 amide bonds. The Morgan fingerprint density at radius 1 is 0.842 bits per heavy atom. The molecule has 14 heteroatoms. The van der Waals surface area contributed by atoms with Crippen LogP contribution >= 0.6 is 0 Å². The van der Waals surface area contributed by atoms with Gasteiger partial charge in [-0.1, -0.05) is 12.1 Å². The van der Waals surface area contributed by atoms with Crippen LogP contribution in [0.2, 0.25) is 0 Å². The molecule has 3 heterocycles. The van der Waals surface area contributed by atoms with Gasteiger partial charge >= 0.3 is 5.69 Å². The van der Waals surface area contributed by atoms with E-state index in [1.54, 1.807) is 24.3 Å². The third-order valence-corrected chi connectivity index (χ3v) is 6.25. The van der Waals surface area contributed by atoms with E-state index in [0.717, 1.165) is 64.0 Å². The van der Waals surface area contributed by atoms with Gasteiger partial charge in [-0.25, -0.2) is 5.43 Å². The fraction of sp³-hybridized carbons (Fsp3) is 0.333. The summed E-state index contributed by atoms with van der Waals surface area (Å²) in [5.41, 5.74) is 2.48. The molecule has 2 aliphatic rings. The highest BCUT2D eigenvalue weighted by atomic mass is 16.6. The predicted octanol–water partition coefficient (Wildman–Crippen LogP) is 4.13. The van der Waals surface area contributed by atoms with E-state index < -0.39 is 21.2 Å². The molecule has 5 rings (SSSR count). The van der Waals surface area contributed by atoms with E-state index in [2.05, 4.69) is 35.3 Å². The molecular weight excluding hydrogens is 494 g/mol. The number of nitrogens with zero attached hydrogens (tertiary/aromatic N) is 8. The lowest BCUT2D eigenvalue weighted by molar-refractivity contribution is -0.394. The van der Waals surface area contributed by atoms with Crippen molar-refractivity contribution in [3.8, 4) is 11.5 Å². The molecule has 0 aliphatic carbocycles. The van der Waals surface area contributed by atoms with Gasteiger partial charge in [0.1, 0.15) is 5.75 Å². The van der Waals surface area contributed by atoms with Crippen molar-refractivity contribution in [1.82, 2.24) is 15.0 Å². The van der Waals surface area contributed by atoms with Crippen LogP contribution in [-0.4, -0.2) is 57.2 Å². The van der Waals surface area contributed by atoms with E-state index in [0.29, 0.717) is 23.4 Å². The molecule has 0 atom stereocenters. The third-order valence-electron chi connectivity index (χ3n) is 6.25. The maximum atomic E-state index is 11.5.